The first-order valence-electron chi connectivity index (χ1n) is 6.31. The molecule has 10 heteroatoms. The maximum atomic E-state index is 12.6. The smallest absolute Gasteiger partial charge is 0.452 e. The molecule has 0 atom stereocenters. The molecule has 2 rings (SSSR count). The van der Waals surface area contributed by atoms with Crippen molar-refractivity contribution in [3.8, 4) is 5.88 Å². The van der Waals surface area contributed by atoms with E-state index in [1.165, 1.54) is 25.4 Å². The van der Waals surface area contributed by atoms with Crippen molar-refractivity contribution in [2.45, 2.75) is 6.18 Å². The van der Waals surface area contributed by atoms with E-state index in [4.69, 9.17) is 9.47 Å². The summed E-state index contributed by atoms with van der Waals surface area (Å²) in [5.74, 6) is -2.22. The van der Waals surface area contributed by atoms with Gasteiger partial charge in [-0.2, -0.15) is 13.2 Å². The van der Waals surface area contributed by atoms with E-state index in [0.29, 0.717) is 19.6 Å². The minimum atomic E-state index is -4.81. The van der Waals surface area contributed by atoms with Crippen LogP contribution in [0.4, 0.5) is 18.9 Å². The monoisotopic (exact) mass is 331 g/mol. The van der Waals surface area contributed by atoms with Crippen LogP contribution in [0, 0.1) is 0 Å². The van der Waals surface area contributed by atoms with Crippen LogP contribution in [0.2, 0.25) is 0 Å². The molecule has 1 N–H and O–H groups in total. The first kappa shape index (κ1) is 16.7. The Bertz CT molecular complexity index is 655. The number of aromatic nitrogens is 2. The van der Waals surface area contributed by atoms with Crippen molar-refractivity contribution in [3.63, 3.8) is 0 Å². The lowest BCUT2D eigenvalue weighted by molar-refractivity contribution is -0.153. The van der Waals surface area contributed by atoms with Gasteiger partial charge in [0, 0.05) is 13.2 Å². The highest BCUT2D eigenvalue weighted by atomic mass is 19.4. The van der Waals surface area contributed by atoms with E-state index in [0.717, 1.165) is 0 Å². The summed E-state index contributed by atoms with van der Waals surface area (Å²) in [5, 5.41) is 2.25. The number of nitrogens with zero attached hydrogens (tertiary/aromatic N) is 2. The minimum absolute atomic E-state index is 0.185. The van der Waals surface area contributed by atoms with Gasteiger partial charge in [-0.15, -0.1) is 0 Å². The molecule has 23 heavy (non-hydrogen) atoms. The van der Waals surface area contributed by atoms with Crippen LogP contribution in [-0.2, 0) is 10.9 Å². The first-order valence-corrected chi connectivity index (χ1v) is 6.31. The van der Waals surface area contributed by atoms with E-state index in [-0.39, 0.29) is 11.6 Å². The molecule has 2 aromatic heterocycles. The summed E-state index contributed by atoms with van der Waals surface area (Å²) in [5.41, 5.74) is -0.664. The number of hydrogen-bond acceptors (Lipinski definition) is 6. The van der Waals surface area contributed by atoms with Crippen molar-refractivity contribution >= 4 is 11.6 Å². The molecule has 0 aliphatic rings. The Morgan fingerprint density at radius 1 is 1.30 bits per heavy atom. The van der Waals surface area contributed by atoms with Crippen LogP contribution >= 0.6 is 0 Å². The van der Waals surface area contributed by atoms with Gasteiger partial charge in [0.25, 0.3) is 5.91 Å². The second-order valence-electron chi connectivity index (χ2n) is 4.21. The van der Waals surface area contributed by atoms with Crippen LogP contribution in [0.5, 0.6) is 5.88 Å². The van der Waals surface area contributed by atoms with E-state index in [1.54, 1.807) is 0 Å². The van der Waals surface area contributed by atoms with Gasteiger partial charge in [0.15, 0.2) is 12.1 Å². The summed E-state index contributed by atoms with van der Waals surface area (Å²) >= 11 is 0. The number of anilines is 1. The molecule has 0 aromatic carbocycles. The van der Waals surface area contributed by atoms with E-state index in [9.17, 15) is 18.0 Å². The number of ether oxygens (including phenoxy) is 2. The molecule has 0 fully saturated rings. The molecule has 124 valence electrons. The molecule has 0 aliphatic carbocycles. The molecule has 2 aromatic rings. The van der Waals surface area contributed by atoms with Crippen LogP contribution in [0.25, 0.3) is 0 Å². The standard InChI is InChI=1S/C13H12F3N3O4/c1-21-4-5-22-9-3-2-8(6-17-9)19-12(20)10-11(13(14,15)16)23-7-18-10/h2-3,6-7H,4-5H2,1H3,(H,19,20). The van der Waals surface area contributed by atoms with Crippen LogP contribution in [-0.4, -0.2) is 36.2 Å². The van der Waals surface area contributed by atoms with Crippen molar-refractivity contribution in [1.82, 2.24) is 9.97 Å². The number of nitrogens with one attached hydrogen (secondary N) is 1. The summed E-state index contributed by atoms with van der Waals surface area (Å²) in [6.07, 6.45) is -3.00. The van der Waals surface area contributed by atoms with Crippen molar-refractivity contribution < 1.29 is 31.9 Å². The fourth-order valence-corrected chi connectivity index (χ4v) is 1.57. The number of halogens is 3. The van der Waals surface area contributed by atoms with Gasteiger partial charge in [-0.3, -0.25) is 4.79 Å². The maximum Gasteiger partial charge on any atom is 0.452 e. The second kappa shape index (κ2) is 7.09. The fraction of sp³-hybridized carbons (Fsp3) is 0.308. The van der Waals surface area contributed by atoms with E-state index in [2.05, 4.69) is 19.7 Å². The Kier molecular flexibility index (Phi) is 5.16. The fourth-order valence-electron chi connectivity index (χ4n) is 1.57. The lowest BCUT2D eigenvalue weighted by Gasteiger charge is -2.07. The summed E-state index contributed by atoms with van der Waals surface area (Å²) in [6.45, 7) is 0.676. The number of methoxy groups -OCH3 is 1. The molecule has 0 aliphatic heterocycles. The molecule has 0 spiro atoms. The molecule has 7 nitrogen and oxygen atoms in total. The molecule has 0 saturated heterocycles. The number of hydrogen-bond donors (Lipinski definition) is 1. The molecule has 1 amide bonds. The largest absolute Gasteiger partial charge is 0.475 e. The molecular formula is C13H12F3N3O4. The topological polar surface area (TPSA) is 86.5 Å². The minimum Gasteiger partial charge on any atom is -0.475 e. The zero-order valence-electron chi connectivity index (χ0n) is 11.9. The molecule has 0 radical (unpaired) electrons. The Morgan fingerprint density at radius 2 is 2.09 bits per heavy atom. The summed E-state index contributed by atoms with van der Waals surface area (Å²) < 4.78 is 52.1. The van der Waals surface area contributed by atoms with Gasteiger partial charge in [-0.05, 0) is 6.07 Å². The van der Waals surface area contributed by atoms with Gasteiger partial charge in [0.05, 0.1) is 18.5 Å². The summed E-state index contributed by atoms with van der Waals surface area (Å²) in [7, 11) is 1.52. The van der Waals surface area contributed by atoms with Gasteiger partial charge in [-0.25, -0.2) is 9.97 Å². The Balaban J connectivity index is 2.02. The Hall–Kier alpha value is -2.62. The van der Waals surface area contributed by atoms with Gasteiger partial charge in [0.1, 0.15) is 6.61 Å². The molecule has 0 saturated carbocycles. The van der Waals surface area contributed by atoms with Crippen molar-refractivity contribution in [2.75, 3.05) is 25.6 Å². The molecule has 2 heterocycles. The second-order valence-corrected chi connectivity index (χ2v) is 4.21. The van der Waals surface area contributed by atoms with Crippen LogP contribution < -0.4 is 10.1 Å². The number of carbonyl (C=O) groups excluding carboxylic acids is 1. The van der Waals surface area contributed by atoms with E-state index < -0.39 is 23.5 Å². The third-order valence-electron chi connectivity index (χ3n) is 2.57. The van der Waals surface area contributed by atoms with E-state index >= 15 is 0 Å². The number of alkyl halides is 3. The highest BCUT2D eigenvalue weighted by molar-refractivity contribution is 6.03. The number of oxazole rings is 1. The quantitative estimate of drug-likeness (QED) is 0.818. The predicted molar refractivity (Wildman–Crippen MR) is 71.1 cm³/mol. The van der Waals surface area contributed by atoms with Crippen LogP contribution in [0.15, 0.2) is 29.1 Å². The first-order chi connectivity index (χ1) is 10.9. The molecular weight excluding hydrogens is 319 g/mol. The van der Waals surface area contributed by atoms with Crippen LogP contribution in [0.3, 0.4) is 0 Å². The number of rotatable bonds is 6. The van der Waals surface area contributed by atoms with Gasteiger partial charge in [0.2, 0.25) is 11.6 Å². The third kappa shape index (κ3) is 4.42. The third-order valence-corrected chi connectivity index (χ3v) is 2.57. The lowest BCUT2D eigenvalue weighted by atomic mass is 10.3. The number of amides is 1. The van der Waals surface area contributed by atoms with Gasteiger partial charge < -0.3 is 19.2 Å². The molecule has 0 unspecified atom stereocenters. The Labute approximate surface area is 128 Å². The average molecular weight is 331 g/mol. The van der Waals surface area contributed by atoms with Crippen molar-refractivity contribution in [2.24, 2.45) is 0 Å². The van der Waals surface area contributed by atoms with E-state index in [1.807, 2.05) is 0 Å². The van der Waals surface area contributed by atoms with Crippen molar-refractivity contribution in [1.29, 1.82) is 0 Å². The predicted octanol–water partition coefficient (Wildman–Crippen LogP) is 2.37. The number of carbonyl (C=O) groups is 1. The highest BCUT2D eigenvalue weighted by Gasteiger charge is 2.40. The van der Waals surface area contributed by atoms with Crippen LogP contribution in [0.1, 0.15) is 16.2 Å². The maximum absolute atomic E-state index is 12.6. The van der Waals surface area contributed by atoms with Gasteiger partial charge >= 0.3 is 6.18 Å². The number of pyridine rings is 1. The van der Waals surface area contributed by atoms with Gasteiger partial charge in [-0.1, -0.05) is 0 Å². The molecule has 0 bridgehead atoms. The summed E-state index contributed by atoms with van der Waals surface area (Å²) in [4.78, 5) is 19.0. The SMILES string of the molecule is COCCOc1ccc(NC(=O)c2ncoc2C(F)(F)F)cn1. The average Bonchev–Trinajstić information content (AvgIpc) is 2.99. The highest BCUT2D eigenvalue weighted by Crippen LogP contribution is 2.31. The normalized spacial score (nSPS) is 11.3. The lowest BCUT2D eigenvalue weighted by Crippen LogP contribution is -2.18. The summed E-state index contributed by atoms with van der Waals surface area (Å²) in [6, 6.07) is 2.89. The van der Waals surface area contributed by atoms with Crippen molar-refractivity contribution in [3.05, 3.63) is 36.2 Å². The zero-order valence-corrected chi connectivity index (χ0v) is 11.9. The zero-order chi connectivity index (χ0) is 16.9. The Morgan fingerprint density at radius 3 is 2.70 bits per heavy atom.